The molecule has 0 spiro atoms. The Kier molecular flexibility index (Phi) is 6.20. The number of carbonyl (C=O) groups is 1. The van der Waals surface area contributed by atoms with Gasteiger partial charge in [-0.1, -0.05) is 30.3 Å². The van der Waals surface area contributed by atoms with Crippen LogP contribution in [0.15, 0.2) is 30.3 Å². The van der Waals surface area contributed by atoms with Crippen molar-refractivity contribution in [2.45, 2.75) is 6.42 Å². The highest BCUT2D eigenvalue weighted by Gasteiger charge is 2.00. The number of nitrogens with one attached hydrogen (secondary N) is 1. The Labute approximate surface area is 84.8 Å². The van der Waals surface area contributed by atoms with Crippen LogP contribution in [0.1, 0.15) is 5.56 Å². The van der Waals surface area contributed by atoms with Crippen LogP contribution in [0.2, 0.25) is 0 Å². The minimum absolute atomic E-state index is 0. The quantitative estimate of drug-likeness (QED) is 0.795. The molecule has 0 saturated heterocycles. The summed E-state index contributed by atoms with van der Waals surface area (Å²) in [6.45, 7) is 0.453. The van der Waals surface area contributed by atoms with E-state index in [4.69, 9.17) is 0 Å². The summed E-state index contributed by atoms with van der Waals surface area (Å²) in [6.07, 6.45) is 0.529. The number of likely N-dealkylation sites (N-methyl/N-ethyl adjacent to an activating group) is 1. The van der Waals surface area contributed by atoms with E-state index in [1.807, 2.05) is 30.3 Å². The fourth-order valence-electron chi connectivity index (χ4n) is 1.08. The van der Waals surface area contributed by atoms with Gasteiger partial charge in [-0.2, -0.15) is 0 Å². The molecule has 1 rings (SSSR count). The first-order valence-electron chi connectivity index (χ1n) is 4.03. The van der Waals surface area contributed by atoms with Crippen LogP contribution < -0.4 is 5.32 Å². The standard InChI is InChI=1S/C10H13NO.ClH/c1-11-8-10(12)7-9-5-3-2-4-6-9;/h2-6,11H,7-8H2,1H3;1H. The molecule has 0 atom stereocenters. The molecule has 0 saturated carbocycles. The lowest BCUT2D eigenvalue weighted by Gasteiger charge is -1.99. The van der Waals surface area contributed by atoms with Gasteiger partial charge < -0.3 is 5.32 Å². The molecule has 13 heavy (non-hydrogen) atoms. The normalized spacial score (nSPS) is 9.00. The van der Waals surface area contributed by atoms with E-state index in [0.717, 1.165) is 5.56 Å². The second kappa shape index (κ2) is 6.63. The third kappa shape index (κ3) is 4.65. The van der Waals surface area contributed by atoms with Crippen LogP contribution in [-0.4, -0.2) is 19.4 Å². The van der Waals surface area contributed by atoms with Crippen LogP contribution >= 0.6 is 12.4 Å². The van der Waals surface area contributed by atoms with Gasteiger partial charge in [-0.3, -0.25) is 4.79 Å². The minimum atomic E-state index is 0. The molecule has 1 aromatic rings. The third-order valence-corrected chi connectivity index (χ3v) is 1.62. The maximum atomic E-state index is 11.1. The van der Waals surface area contributed by atoms with Crippen LogP contribution in [0.25, 0.3) is 0 Å². The van der Waals surface area contributed by atoms with Gasteiger partial charge >= 0.3 is 0 Å². The highest BCUT2D eigenvalue weighted by molar-refractivity contribution is 5.85. The summed E-state index contributed by atoms with van der Waals surface area (Å²) < 4.78 is 0. The van der Waals surface area contributed by atoms with Crippen LogP contribution in [0.4, 0.5) is 0 Å². The first-order valence-corrected chi connectivity index (χ1v) is 4.03. The number of benzene rings is 1. The summed E-state index contributed by atoms with van der Waals surface area (Å²) in [6, 6.07) is 9.77. The number of hydrogen-bond donors (Lipinski definition) is 1. The van der Waals surface area contributed by atoms with E-state index >= 15 is 0 Å². The maximum Gasteiger partial charge on any atom is 0.150 e. The van der Waals surface area contributed by atoms with Crippen molar-refractivity contribution in [1.82, 2.24) is 5.32 Å². The number of ketones is 1. The molecule has 0 fully saturated rings. The van der Waals surface area contributed by atoms with E-state index < -0.39 is 0 Å². The van der Waals surface area contributed by atoms with Gasteiger partial charge in [0.15, 0.2) is 5.78 Å². The highest BCUT2D eigenvalue weighted by Crippen LogP contribution is 1.99. The summed E-state index contributed by atoms with van der Waals surface area (Å²) >= 11 is 0. The molecule has 2 nitrogen and oxygen atoms in total. The molecule has 0 heterocycles. The zero-order valence-corrected chi connectivity index (χ0v) is 8.43. The number of halogens is 1. The molecule has 0 unspecified atom stereocenters. The van der Waals surface area contributed by atoms with Gasteiger partial charge in [0.1, 0.15) is 0 Å². The molecular formula is C10H14ClNO. The molecular weight excluding hydrogens is 186 g/mol. The van der Waals surface area contributed by atoms with Gasteiger partial charge in [-0.15, -0.1) is 12.4 Å². The van der Waals surface area contributed by atoms with Crippen molar-refractivity contribution in [3.63, 3.8) is 0 Å². The van der Waals surface area contributed by atoms with Gasteiger partial charge in [0.2, 0.25) is 0 Å². The first-order chi connectivity index (χ1) is 5.83. The van der Waals surface area contributed by atoms with E-state index in [9.17, 15) is 4.79 Å². The lowest BCUT2D eigenvalue weighted by atomic mass is 10.1. The lowest BCUT2D eigenvalue weighted by molar-refractivity contribution is -0.117. The molecule has 0 aromatic heterocycles. The Balaban J connectivity index is 0.00000144. The molecule has 0 bridgehead atoms. The monoisotopic (exact) mass is 199 g/mol. The van der Waals surface area contributed by atoms with Crippen LogP contribution in [0.5, 0.6) is 0 Å². The predicted molar refractivity (Wildman–Crippen MR) is 56.3 cm³/mol. The molecule has 3 heteroatoms. The van der Waals surface area contributed by atoms with Crippen molar-refractivity contribution < 1.29 is 4.79 Å². The van der Waals surface area contributed by atoms with Gasteiger partial charge in [0, 0.05) is 6.42 Å². The van der Waals surface area contributed by atoms with E-state index in [1.165, 1.54) is 0 Å². The SMILES string of the molecule is CNCC(=O)Cc1ccccc1.Cl. The van der Waals surface area contributed by atoms with Crippen molar-refractivity contribution >= 4 is 18.2 Å². The molecule has 0 amide bonds. The summed E-state index contributed by atoms with van der Waals surface area (Å²) in [7, 11) is 1.78. The maximum absolute atomic E-state index is 11.1. The molecule has 0 aliphatic carbocycles. The first kappa shape index (κ1) is 12.1. The van der Waals surface area contributed by atoms with Gasteiger partial charge in [0.25, 0.3) is 0 Å². The molecule has 1 N–H and O–H groups in total. The van der Waals surface area contributed by atoms with E-state index in [-0.39, 0.29) is 18.2 Å². The number of hydrogen-bond acceptors (Lipinski definition) is 2. The third-order valence-electron chi connectivity index (χ3n) is 1.62. The Hall–Kier alpha value is -0.860. The highest BCUT2D eigenvalue weighted by atomic mass is 35.5. The second-order valence-corrected chi connectivity index (χ2v) is 2.73. The van der Waals surface area contributed by atoms with Gasteiger partial charge in [-0.25, -0.2) is 0 Å². The fraction of sp³-hybridized carbons (Fsp3) is 0.300. The lowest BCUT2D eigenvalue weighted by Crippen LogP contribution is -2.19. The summed E-state index contributed by atoms with van der Waals surface area (Å²) in [4.78, 5) is 11.1. The molecule has 0 aliphatic rings. The molecule has 0 radical (unpaired) electrons. The van der Waals surface area contributed by atoms with Crippen molar-refractivity contribution in [3.8, 4) is 0 Å². The van der Waals surface area contributed by atoms with Gasteiger partial charge in [-0.05, 0) is 12.6 Å². The summed E-state index contributed by atoms with van der Waals surface area (Å²) in [5.41, 5.74) is 1.08. The fourth-order valence-corrected chi connectivity index (χ4v) is 1.08. The van der Waals surface area contributed by atoms with E-state index in [2.05, 4.69) is 5.32 Å². The predicted octanol–water partition coefficient (Wildman–Crippen LogP) is 1.44. The van der Waals surface area contributed by atoms with Crippen molar-refractivity contribution in [2.75, 3.05) is 13.6 Å². The number of Topliss-reactive ketones (excluding diaryl/α,β-unsaturated/α-hetero) is 1. The average Bonchev–Trinajstić information content (AvgIpc) is 2.06. The minimum Gasteiger partial charge on any atom is -0.313 e. The zero-order valence-electron chi connectivity index (χ0n) is 7.62. The van der Waals surface area contributed by atoms with Crippen molar-refractivity contribution in [3.05, 3.63) is 35.9 Å². The van der Waals surface area contributed by atoms with Crippen LogP contribution in [-0.2, 0) is 11.2 Å². The smallest absolute Gasteiger partial charge is 0.150 e. The van der Waals surface area contributed by atoms with E-state index in [1.54, 1.807) is 7.05 Å². The second-order valence-electron chi connectivity index (χ2n) is 2.73. The molecule has 72 valence electrons. The Morgan fingerprint density at radius 1 is 1.31 bits per heavy atom. The topological polar surface area (TPSA) is 29.1 Å². The molecule has 1 aromatic carbocycles. The zero-order chi connectivity index (χ0) is 8.81. The van der Waals surface area contributed by atoms with Crippen molar-refractivity contribution in [2.24, 2.45) is 0 Å². The molecule has 0 aliphatic heterocycles. The number of rotatable bonds is 4. The van der Waals surface area contributed by atoms with E-state index in [0.29, 0.717) is 13.0 Å². The Morgan fingerprint density at radius 2 is 1.92 bits per heavy atom. The van der Waals surface area contributed by atoms with Crippen LogP contribution in [0.3, 0.4) is 0 Å². The Bertz CT molecular complexity index is 248. The average molecular weight is 200 g/mol. The van der Waals surface area contributed by atoms with Gasteiger partial charge in [0.05, 0.1) is 6.54 Å². The summed E-state index contributed by atoms with van der Waals surface area (Å²) in [5, 5.41) is 2.84. The van der Waals surface area contributed by atoms with Crippen LogP contribution in [0, 0.1) is 0 Å². The number of carbonyl (C=O) groups excluding carboxylic acids is 1. The summed E-state index contributed by atoms with van der Waals surface area (Å²) in [5.74, 6) is 0.226. The van der Waals surface area contributed by atoms with Crippen molar-refractivity contribution in [1.29, 1.82) is 0 Å². The Morgan fingerprint density at radius 3 is 2.46 bits per heavy atom. The largest absolute Gasteiger partial charge is 0.313 e.